The monoisotopic (exact) mass is 488 g/mol. The van der Waals surface area contributed by atoms with E-state index in [1.165, 1.54) is 16.4 Å². The SMILES string of the molecule is Cc1cc(C)c(S(=O)(=O)Nc2ccc3c(c2)CCCN3S(=O)(=O)c2ccc(F)cc2)c(C)c1. The van der Waals surface area contributed by atoms with E-state index in [0.717, 1.165) is 23.3 Å². The maximum absolute atomic E-state index is 13.3. The molecule has 174 valence electrons. The Morgan fingerprint density at radius 2 is 1.52 bits per heavy atom. The molecule has 0 saturated heterocycles. The van der Waals surface area contributed by atoms with Gasteiger partial charge in [0, 0.05) is 12.2 Å². The summed E-state index contributed by atoms with van der Waals surface area (Å²) in [6.07, 6.45) is 1.20. The molecule has 0 spiro atoms. The van der Waals surface area contributed by atoms with Gasteiger partial charge in [-0.1, -0.05) is 17.7 Å². The minimum atomic E-state index is -3.87. The molecule has 0 atom stereocenters. The van der Waals surface area contributed by atoms with Crippen LogP contribution < -0.4 is 9.03 Å². The quantitative estimate of drug-likeness (QED) is 0.565. The predicted molar refractivity (Wildman–Crippen MR) is 127 cm³/mol. The molecule has 33 heavy (non-hydrogen) atoms. The molecule has 4 rings (SSSR count). The van der Waals surface area contributed by atoms with Crippen LogP contribution in [0.15, 0.2) is 64.4 Å². The zero-order chi connectivity index (χ0) is 24.0. The summed E-state index contributed by atoms with van der Waals surface area (Å²) in [6, 6.07) is 13.2. The van der Waals surface area contributed by atoms with Gasteiger partial charge >= 0.3 is 0 Å². The van der Waals surface area contributed by atoms with Gasteiger partial charge in [-0.3, -0.25) is 9.03 Å². The summed E-state index contributed by atoms with van der Waals surface area (Å²) < 4.78 is 69.7. The van der Waals surface area contributed by atoms with E-state index >= 15 is 0 Å². The second-order valence-corrected chi connectivity index (χ2v) is 11.8. The molecule has 0 saturated carbocycles. The Labute approximate surface area is 194 Å². The molecule has 0 bridgehead atoms. The number of sulfonamides is 2. The fraction of sp³-hybridized carbons (Fsp3) is 0.250. The van der Waals surface area contributed by atoms with E-state index in [4.69, 9.17) is 0 Å². The molecule has 6 nitrogen and oxygen atoms in total. The average Bonchev–Trinajstić information content (AvgIpc) is 2.72. The van der Waals surface area contributed by atoms with E-state index in [-0.39, 0.29) is 9.79 Å². The van der Waals surface area contributed by atoms with Gasteiger partial charge in [0.15, 0.2) is 0 Å². The summed E-state index contributed by atoms with van der Waals surface area (Å²) in [5.74, 6) is -0.510. The van der Waals surface area contributed by atoms with Crippen LogP contribution in [0.2, 0.25) is 0 Å². The Balaban J connectivity index is 1.67. The molecular weight excluding hydrogens is 463 g/mol. The number of hydrogen-bond acceptors (Lipinski definition) is 4. The smallest absolute Gasteiger partial charge is 0.264 e. The van der Waals surface area contributed by atoms with Crippen molar-refractivity contribution in [2.45, 2.75) is 43.4 Å². The molecule has 0 aliphatic carbocycles. The van der Waals surface area contributed by atoms with Crippen LogP contribution in [0.25, 0.3) is 0 Å². The molecule has 0 aromatic heterocycles. The normalized spacial score (nSPS) is 14.1. The van der Waals surface area contributed by atoms with E-state index < -0.39 is 25.9 Å². The van der Waals surface area contributed by atoms with Gasteiger partial charge in [0.05, 0.1) is 15.5 Å². The van der Waals surface area contributed by atoms with Crippen LogP contribution in [-0.2, 0) is 26.5 Å². The number of nitrogens with zero attached hydrogens (tertiary/aromatic N) is 1. The molecule has 3 aromatic carbocycles. The fourth-order valence-corrected chi connectivity index (χ4v) is 7.45. The lowest BCUT2D eigenvalue weighted by atomic mass is 10.0. The highest BCUT2D eigenvalue weighted by atomic mass is 32.2. The van der Waals surface area contributed by atoms with Crippen molar-refractivity contribution in [1.82, 2.24) is 0 Å². The average molecular weight is 489 g/mol. The van der Waals surface area contributed by atoms with Gasteiger partial charge in [-0.15, -0.1) is 0 Å². The van der Waals surface area contributed by atoms with Crippen LogP contribution >= 0.6 is 0 Å². The first-order chi connectivity index (χ1) is 15.5. The summed E-state index contributed by atoms with van der Waals surface area (Å²) in [5.41, 5.74) is 3.90. The summed E-state index contributed by atoms with van der Waals surface area (Å²) >= 11 is 0. The molecule has 0 radical (unpaired) electrons. The number of nitrogens with one attached hydrogen (secondary N) is 1. The zero-order valence-corrected chi connectivity index (χ0v) is 20.2. The van der Waals surface area contributed by atoms with E-state index in [0.29, 0.717) is 41.9 Å². The summed E-state index contributed by atoms with van der Waals surface area (Å²) in [4.78, 5) is 0.248. The molecule has 0 fully saturated rings. The third-order valence-corrected chi connectivity index (χ3v) is 9.20. The molecular formula is C24H25FN2O4S2. The number of benzene rings is 3. The number of fused-ring (bicyclic) bond motifs is 1. The predicted octanol–water partition coefficient (Wildman–Crippen LogP) is 4.69. The largest absolute Gasteiger partial charge is 0.280 e. The van der Waals surface area contributed by atoms with Crippen molar-refractivity contribution in [1.29, 1.82) is 0 Å². The van der Waals surface area contributed by atoms with Gasteiger partial charge in [0.2, 0.25) is 0 Å². The minimum absolute atomic E-state index is 0.00634. The van der Waals surface area contributed by atoms with Crippen molar-refractivity contribution in [3.05, 3.63) is 82.7 Å². The van der Waals surface area contributed by atoms with Gasteiger partial charge in [0.1, 0.15) is 5.82 Å². The summed E-state index contributed by atoms with van der Waals surface area (Å²) in [5, 5.41) is 0. The van der Waals surface area contributed by atoms with Gasteiger partial charge in [-0.05, 0) is 92.8 Å². The standard InChI is InChI=1S/C24H25FN2O4S2/c1-16-13-17(2)24(18(3)14-16)32(28,29)26-21-8-11-23-19(15-21)5-4-12-27(23)33(30,31)22-9-6-20(25)7-10-22/h6-11,13-15,26H,4-5,12H2,1-3H3. The van der Waals surface area contributed by atoms with E-state index in [1.807, 2.05) is 19.1 Å². The third kappa shape index (κ3) is 4.47. The number of halogens is 1. The topological polar surface area (TPSA) is 83.6 Å². The maximum Gasteiger partial charge on any atom is 0.264 e. The van der Waals surface area contributed by atoms with Crippen molar-refractivity contribution in [3.63, 3.8) is 0 Å². The molecule has 0 amide bonds. The van der Waals surface area contributed by atoms with Crippen LogP contribution in [0, 0.1) is 26.6 Å². The van der Waals surface area contributed by atoms with Crippen LogP contribution in [0.3, 0.4) is 0 Å². The second-order valence-electron chi connectivity index (χ2n) is 8.31. The second kappa shape index (κ2) is 8.46. The van der Waals surface area contributed by atoms with Crippen molar-refractivity contribution in [3.8, 4) is 0 Å². The van der Waals surface area contributed by atoms with Gasteiger partial charge in [0.25, 0.3) is 20.0 Å². The number of hydrogen-bond donors (Lipinski definition) is 1. The molecule has 1 aliphatic heterocycles. The van der Waals surface area contributed by atoms with Gasteiger partial charge in [-0.25, -0.2) is 21.2 Å². The Hall–Kier alpha value is -2.91. The van der Waals surface area contributed by atoms with Gasteiger partial charge in [-0.2, -0.15) is 0 Å². The maximum atomic E-state index is 13.3. The third-order valence-electron chi connectivity index (χ3n) is 5.68. The first kappa shape index (κ1) is 23.3. The molecule has 0 unspecified atom stereocenters. The van der Waals surface area contributed by atoms with Crippen LogP contribution in [0.5, 0.6) is 0 Å². The van der Waals surface area contributed by atoms with Gasteiger partial charge < -0.3 is 0 Å². The lowest BCUT2D eigenvalue weighted by Crippen LogP contribution is -2.35. The molecule has 9 heteroatoms. The van der Waals surface area contributed by atoms with Crippen LogP contribution in [0.1, 0.15) is 28.7 Å². The summed E-state index contributed by atoms with van der Waals surface area (Å²) in [6.45, 7) is 5.73. The fourth-order valence-electron chi connectivity index (χ4n) is 4.41. The highest BCUT2D eigenvalue weighted by Crippen LogP contribution is 2.34. The van der Waals surface area contributed by atoms with E-state index in [2.05, 4.69) is 4.72 Å². The lowest BCUT2D eigenvalue weighted by molar-refractivity contribution is 0.585. The molecule has 1 N–H and O–H groups in total. The number of aryl methyl sites for hydroxylation is 4. The highest BCUT2D eigenvalue weighted by molar-refractivity contribution is 7.93. The molecule has 1 aliphatic rings. The Kier molecular flexibility index (Phi) is 5.96. The van der Waals surface area contributed by atoms with Crippen LogP contribution in [-0.4, -0.2) is 23.4 Å². The van der Waals surface area contributed by atoms with E-state index in [1.54, 1.807) is 32.0 Å². The first-order valence-electron chi connectivity index (χ1n) is 10.5. The van der Waals surface area contributed by atoms with Crippen molar-refractivity contribution in [2.75, 3.05) is 15.6 Å². The highest BCUT2D eigenvalue weighted by Gasteiger charge is 2.30. The minimum Gasteiger partial charge on any atom is -0.280 e. The Morgan fingerprint density at radius 1 is 0.879 bits per heavy atom. The van der Waals surface area contributed by atoms with Crippen molar-refractivity contribution >= 4 is 31.4 Å². The molecule has 1 heterocycles. The number of anilines is 2. The summed E-state index contributed by atoms with van der Waals surface area (Å²) in [7, 11) is -7.69. The zero-order valence-electron chi connectivity index (χ0n) is 18.6. The number of rotatable bonds is 5. The Morgan fingerprint density at radius 3 is 2.15 bits per heavy atom. The van der Waals surface area contributed by atoms with Crippen LogP contribution in [0.4, 0.5) is 15.8 Å². The van der Waals surface area contributed by atoms with Crippen molar-refractivity contribution < 1.29 is 21.2 Å². The lowest BCUT2D eigenvalue weighted by Gasteiger charge is -2.31. The van der Waals surface area contributed by atoms with Crippen molar-refractivity contribution in [2.24, 2.45) is 0 Å². The first-order valence-corrected chi connectivity index (χ1v) is 13.4. The Bertz CT molecular complexity index is 1410. The van der Waals surface area contributed by atoms with E-state index in [9.17, 15) is 21.2 Å². The molecule has 3 aromatic rings.